The maximum absolute atomic E-state index is 12.6. The van der Waals surface area contributed by atoms with Crippen LogP contribution in [0.4, 0.5) is 5.82 Å². The van der Waals surface area contributed by atoms with E-state index in [0.29, 0.717) is 30.9 Å². The van der Waals surface area contributed by atoms with E-state index in [1.54, 1.807) is 11.7 Å². The summed E-state index contributed by atoms with van der Waals surface area (Å²) < 4.78 is 12.0. The zero-order valence-corrected chi connectivity index (χ0v) is 17.5. The zero-order chi connectivity index (χ0) is 21.1. The Morgan fingerprint density at radius 2 is 1.97 bits per heavy atom. The van der Waals surface area contributed by atoms with Crippen LogP contribution >= 0.6 is 0 Å². The summed E-state index contributed by atoms with van der Waals surface area (Å²) in [5, 5.41) is 0. The van der Waals surface area contributed by atoms with Crippen LogP contribution in [0.3, 0.4) is 0 Å². The number of hydrogen-bond donors (Lipinski definition) is 2. The summed E-state index contributed by atoms with van der Waals surface area (Å²) in [4.78, 5) is 26.4. The van der Waals surface area contributed by atoms with Crippen molar-refractivity contribution in [1.29, 1.82) is 0 Å². The Hall–Kier alpha value is -2.91. The van der Waals surface area contributed by atoms with Crippen molar-refractivity contribution < 1.29 is 9.47 Å². The molecule has 1 fully saturated rings. The highest BCUT2D eigenvalue weighted by Crippen LogP contribution is 2.21. The van der Waals surface area contributed by atoms with Crippen molar-refractivity contribution >= 4 is 17.0 Å². The summed E-state index contributed by atoms with van der Waals surface area (Å²) >= 11 is 0. The van der Waals surface area contributed by atoms with Crippen molar-refractivity contribution in [3.05, 3.63) is 45.4 Å². The quantitative estimate of drug-likeness (QED) is 0.542. The fraction of sp³-hybridized carbons (Fsp3) is 0.476. The molecule has 0 saturated carbocycles. The van der Waals surface area contributed by atoms with Gasteiger partial charge in [0, 0.05) is 13.7 Å². The molecule has 2 aromatic heterocycles. The minimum atomic E-state index is -0.276. The molecule has 3 heterocycles. The van der Waals surface area contributed by atoms with Gasteiger partial charge >= 0.3 is 11.7 Å². The van der Waals surface area contributed by atoms with Crippen LogP contribution < -0.4 is 16.2 Å². The topological polar surface area (TPSA) is 111 Å². The summed E-state index contributed by atoms with van der Waals surface area (Å²) in [6, 6.07) is 6.47. The lowest BCUT2D eigenvalue weighted by Gasteiger charge is -2.17. The number of rotatable bonds is 8. The van der Waals surface area contributed by atoms with Gasteiger partial charge < -0.3 is 20.2 Å². The van der Waals surface area contributed by atoms with Gasteiger partial charge in [-0.15, -0.1) is 0 Å². The first-order valence-corrected chi connectivity index (χ1v) is 10.2. The molecule has 160 valence electrons. The molecular formula is C21H28N6O3. The molecule has 1 aliphatic rings. The molecule has 0 aliphatic carbocycles. The number of benzene rings is 1. The number of likely N-dealkylation sites (tertiary alicyclic amines) is 1. The third kappa shape index (κ3) is 4.31. The van der Waals surface area contributed by atoms with Gasteiger partial charge in [0.1, 0.15) is 12.1 Å². The van der Waals surface area contributed by atoms with Crippen LogP contribution in [0, 0.1) is 6.92 Å². The fourth-order valence-corrected chi connectivity index (χ4v) is 3.82. The Labute approximate surface area is 174 Å². The first-order valence-electron chi connectivity index (χ1n) is 10.2. The number of imidazole rings is 1. The molecule has 1 aliphatic heterocycles. The van der Waals surface area contributed by atoms with Crippen molar-refractivity contribution in [3.63, 3.8) is 0 Å². The number of H-pyrrole nitrogens is 1. The van der Waals surface area contributed by atoms with E-state index in [-0.39, 0.29) is 17.5 Å². The lowest BCUT2D eigenvalue weighted by molar-refractivity contribution is 0.141. The van der Waals surface area contributed by atoms with Gasteiger partial charge in [-0.1, -0.05) is 18.2 Å². The molecule has 0 spiro atoms. The maximum atomic E-state index is 12.6. The van der Waals surface area contributed by atoms with Crippen molar-refractivity contribution in [2.75, 3.05) is 39.1 Å². The number of nitrogens with one attached hydrogen (secondary N) is 1. The predicted molar refractivity (Wildman–Crippen MR) is 115 cm³/mol. The minimum absolute atomic E-state index is 0.128. The Kier molecular flexibility index (Phi) is 6.01. The normalized spacial score (nSPS) is 14.6. The second-order valence-electron chi connectivity index (χ2n) is 7.69. The fourth-order valence-electron chi connectivity index (χ4n) is 3.82. The molecule has 9 nitrogen and oxygen atoms in total. The lowest BCUT2D eigenvalue weighted by atomic mass is 10.0. The highest BCUT2D eigenvalue weighted by Gasteiger charge is 2.16. The SMILES string of the molecule is COCCOc1nc(N)c2[nH]c(=O)n(Cc3ccc(C)c(CN4CCCC4)c3)c2n1. The minimum Gasteiger partial charge on any atom is -0.461 e. The first-order chi connectivity index (χ1) is 14.5. The van der Waals surface area contributed by atoms with Crippen LogP contribution in [-0.2, 0) is 17.8 Å². The summed E-state index contributed by atoms with van der Waals surface area (Å²) in [5.74, 6) is 0.182. The second-order valence-corrected chi connectivity index (χ2v) is 7.69. The molecule has 0 amide bonds. The zero-order valence-electron chi connectivity index (χ0n) is 17.5. The number of aromatic amines is 1. The number of nitrogens with two attached hydrogens (primary N) is 1. The molecule has 1 aromatic carbocycles. The van der Waals surface area contributed by atoms with Gasteiger partial charge in [-0.3, -0.25) is 9.47 Å². The summed E-state index contributed by atoms with van der Waals surface area (Å²) in [5.41, 5.74) is 10.2. The molecule has 0 atom stereocenters. The first kappa shape index (κ1) is 20.4. The van der Waals surface area contributed by atoms with Crippen molar-refractivity contribution in [3.8, 4) is 6.01 Å². The van der Waals surface area contributed by atoms with E-state index in [0.717, 1.165) is 25.2 Å². The number of methoxy groups -OCH3 is 1. The van der Waals surface area contributed by atoms with E-state index < -0.39 is 0 Å². The number of nitrogens with zero attached hydrogens (tertiary/aromatic N) is 4. The number of hydrogen-bond acceptors (Lipinski definition) is 7. The molecule has 3 N–H and O–H groups in total. The molecule has 9 heteroatoms. The number of aromatic nitrogens is 4. The predicted octanol–water partition coefficient (Wildman–Crippen LogP) is 1.68. The van der Waals surface area contributed by atoms with Crippen LogP contribution in [0.25, 0.3) is 11.2 Å². The van der Waals surface area contributed by atoms with Gasteiger partial charge in [0.2, 0.25) is 0 Å². The van der Waals surface area contributed by atoms with Gasteiger partial charge in [0.25, 0.3) is 0 Å². The highest BCUT2D eigenvalue weighted by atomic mass is 16.5. The molecule has 3 aromatic rings. The highest BCUT2D eigenvalue weighted by molar-refractivity contribution is 5.81. The number of aryl methyl sites for hydroxylation is 1. The Morgan fingerprint density at radius 1 is 1.17 bits per heavy atom. The van der Waals surface area contributed by atoms with Crippen molar-refractivity contribution in [2.45, 2.75) is 32.9 Å². The second kappa shape index (κ2) is 8.85. The molecule has 4 rings (SSSR count). The van der Waals surface area contributed by atoms with E-state index in [1.807, 2.05) is 0 Å². The third-order valence-corrected chi connectivity index (χ3v) is 5.50. The standard InChI is InChI=1S/C21H28N6O3/c1-14-5-6-15(11-16(14)13-26-7-3-4-8-26)12-27-19-17(23-21(27)28)18(22)24-20(25-19)30-10-9-29-2/h5-6,11H,3-4,7-10,12-13H2,1-2H3,(H,23,28)(H2,22,24,25). The summed E-state index contributed by atoms with van der Waals surface area (Å²) in [6.07, 6.45) is 2.53. The summed E-state index contributed by atoms with van der Waals surface area (Å²) in [6.45, 7) is 6.46. The van der Waals surface area contributed by atoms with Gasteiger partial charge in [0.15, 0.2) is 11.5 Å². The molecule has 30 heavy (non-hydrogen) atoms. The van der Waals surface area contributed by atoms with Crippen LogP contribution in [0.2, 0.25) is 0 Å². The molecule has 1 saturated heterocycles. The summed E-state index contributed by atoms with van der Waals surface area (Å²) in [7, 11) is 1.59. The number of nitrogen functional groups attached to an aromatic ring is 1. The Bertz CT molecular complexity index is 1080. The van der Waals surface area contributed by atoms with E-state index in [2.05, 4.69) is 45.0 Å². The molecule has 0 bridgehead atoms. The number of ether oxygens (including phenoxy) is 2. The van der Waals surface area contributed by atoms with E-state index >= 15 is 0 Å². The third-order valence-electron chi connectivity index (χ3n) is 5.50. The number of anilines is 1. The van der Waals surface area contributed by atoms with Crippen LogP contribution in [0.15, 0.2) is 23.0 Å². The van der Waals surface area contributed by atoms with Crippen LogP contribution in [-0.4, -0.2) is 57.8 Å². The smallest absolute Gasteiger partial charge is 0.328 e. The molecule has 0 unspecified atom stereocenters. The van der Waals surface area contributed by atoms with Crippen molar-refractivity contribution in [1.82, 2.24) is 24.4 Å². The van der Waals surface area contributed by atoms with Crippen molar-refractivity contribution in [2.24, 2.45) is 0 Å². The average Bonchev–Trinajstić information content (AvgIpc) is 3.34. The van der Waals surface area contributed by atoms with E-state index in [1.165, 1.54) is 24.0 Å². The monoisotopic (exact) mass is 412 g/mol. The maximum Gasteiger partial charge on any atom is 0.328 e. The van der Waals surface area contributed by atoms with Gasteiger partial charge in [0.05, 0.1) is 13.2 Å². The van der Waals surface area contributed by atoms with Gasteiger partial charge in [-0.25, -0.2) is 4.79 Å². The molecule has 0 radical (unpaired) electrons. The van der Waals surface area contributed by atoms with Crippen LogP contribution in [0.1, 0.15) is 29.5 Å². The average molecular weight is 412 g/mol. The lowest BCUT2D eigenvalue weighted by Crippen LogP contribution is -2.20. The van der Waals surface area contributed by atoms with Gasteiger partial charge in [-0.05, 0) is 49.5 Å². The number of fused-ring (bicyclic) bond motifs is 1. The van der Waals surface area contributed by atoms with Gasteiger partial charge in [-0.2, -0.15) is 9.97 Å². The molecular weight excluding hydrogens is 384 g/mol. The Morgan fingerprint density at radius 3 is 2.73 bits per heavy atom. The van der Waals surface area contributed by atoms with Crippen LogP contribution in [0.5, 0.6) is 6.01 Å². The Balaban J connectivity index is 1.63. The van der Waals surface area contributed by atoms with E-state index in [9.17, 15) is 4.79 Å². The largest absolute Gasteiger partial charge is 0.461 e. The van der Waals surface area contributed by atoms with E-state index in [4.69, 9.17) is 15.2 Å².